The van der Waals surface area contributed by atoms with Crippen molar-refractivity contribution < 1.29 is 9.53 Å². The Bertz CT molecular complexity index is 862. The Morgan fingerprint density at radius 1 is 1.18 bits per heavy atom. The van der Waals surface area contributed by atoms with Crippen LogP contribution in [-0.4, -0.2) is 22.6 Å². The molecule has 4 heteroatoms. The molecule has 3 rings (SSSR count). The second-order valence-electron chi connectivity index (χ2n) is 4.93. The summed E-state index contributed by atoms with van der Waals surface area (Å²) in [5.41, 5.74) is 2.55. The number of fused-ring (bicyclic) bond motifs is 1. The van der Waals surface area contributed by atoms with Crippen molar-refractivity contribution in [2.75, 3.05) is 7.11 Å². The molecule has 1 heterocycles. The number of para-hydroxylation sites is 2. The van der Waals surface area contributed by atoms with E-state index in [4.69, 9.17) is 4.74 Å². The fraction of sp³-hybridized carbons (Fsp3) is 0.111. The number of ether oxygens (including phenoxy) is 1. The molecule has 22 heavy (non-hydrogen) atoms. The third-order valence-corrected chi connectivity index (χ3v) is 3.46. The van der Waals surface area contributed by atoms with Crippen molar-refractivity contribution in [3.63, 3.8) is 0 Å². The van der Waals surface area contributed by atoms with E-state index in [1.54, 1.807) is 23.8 Å². The minimum absolute atomic E-state index is 0.117. The second-order valence-corrected chi connectivity index (χ2v) is 4.93. The standard InChI is InChI=1S/C18H16N2O2/c1-13-19-16-8-3-4-9-17(16)20(13)18(21)11-10-14-6-5-7-15(12-14)22-2/h3-12H,1-2H3/b11-10+. The number of benzene rings is 2. The molecule has 0 N–H and O–H groups in total. The van der Waals surface area contributed by atoms with Crippen LogP contribution in [0.1, 0.15) is 16.2 Å². The van der Waals surface area contributed by atoms with Crippen LogP contribution in [-0.2, 0) is 0 Å². The molecule has 2 aromatic carbocycles. The summed E-state index contributed by atoms with van der Waals surface area (Å²) in [6.45, 7) is 1.83. The molecule has 4 nitrogen and oxygen atoms in total. The van der Waals surface area contributed by atoms with Gasteiger partial charge in [0, 0.05) is 6.08 Å². The molecule has 110 valence electrons. The number of hydrogen-bond acceptors (Lipinski definition) is 3. The van der Waals surface area contributed by atoms with Crippen LogP contribution in [0.15, 0.2) is 54.6 Å². The van der Waals surface area contributed by atoms with Gasteiger partial charge in [-0.1, -0.05) is 24.3 Å². The van der Waals surface area contributed by atoms with Crippen LogP contribution in [0, 0.1) is 6.92 Å². The first kappa shape index (κ1) is 14.1. The molecule has 0 aliphatic heterocycles. The van der Waals surface area contributed by atoms with Gasteiger partial charge in [-0.2, -0.15) is 0 Å². The minimum Gasteiger partial charge on any atom is -0.497 e. The van der Waals surface area contributed by atoms with E-state index in [2.05, 4.69) is 4.98 Å². The van der Waals surface area contributed by atoms with Crippen LogP contribution < -0.4 is 4.74 Å². The Morgan fingerprint density at radius 3 is 2.82 bits per heavy atom. The number of rotatable bonds is 3. The van der Waals surface area contributed by atoms with Crippen LogP contribution in [0.25, 0.3) is 17.1 Å². The lowest BCUT2D eigenvalue weighted by Crippen LogP contribution is -2.08. The van der Waals surface area contributed by atoms with E-state index in [1.165, 1.54) is 0 Å². The van der Waals surface area contributed by atoms with Gasteiger partial charge in [-0.05, 0) is 42.8 Å². The molecule has 0 aliphatic carbocycles. The summed E-state index contributed by atoms with van der Waals surface area (Å²) < 4.78 is 6.79. The minimum atomic E-state index is -0.117. The molecule has 0 unspecified atom stereocenters. The summed E-state index contributed by atoms with van der Waals surface area (Å²) in [6.07, 6.45) is 3.33. The molecule has 0 aliphatic rings. The zero-order chi connectivity index (χ0) is 15.5. The smallest absolute Gasteiger partial charge is 0.256 e. The van der Waals surface area contributed by atoms with E-state index in [1.807, 2.05) is 55.5 Å². The van der Waals surface area contributed by atoms with Gasteiger partial charge < -0.3 is 4.74 Å². The third-order valence-electron chi connectivity index (χ3n) is 3.46. The van der Waals surface area contributed by atoms with Crippen molar-refractivity contribution in [1.29, 1.82) is 0 Å². The highest BCUT2D eigenvalue weighted by molar-refractivity contribution is 5.99. The highest BCUT2D eigenvalue weighted by Crippen LogP contribution is 2.17. The van der Waals surface area contributed by atoms with Gasteiger partial charge in [0.1, 0.15) is 11.6 Å². The van der Waals surface area contributed by atoms with Crippen molar-refractivity contribution in [2.24, 2.45) is 0 Å². The summed E-state index contributed by atoms with van der Waals surface area (Å²) in [5.74, 6) is 1.33. The Balaban J connectivity index is 1.93. The van der Waals surface area contributed by atoms with E-state index in [0.717, 1.165) is 22.3 Å². The Morgan fingerprint density at radius 2 is 2.00 bits per heavy atom. The summed E-state index contributed by atoms with van der Waals surface area (Å²) in [7, 11) is 1.62. The first-order valence-corrected chi connectivity index (χ1v) is 6.99. The molecule has 0 spiro atoms. The number of hydrogen-bond donors (Lipinski definition) is 0. The highest BCUT2D eigenvalue weighted by Gasteiger charge is 2.11. The predicted molar refractivity (Wildman–Crippen MR) is 87.1 cm³/mol. The number of methoxy groups -OCH3 is 1. The van der Waals surface area contributed by atoms with Crippen molar-refractivity contribution in [3.05, 3.63) is 66.0 Å². The molecule has 0 atom stereocenters. The average molecular weight is 292 g/mol. The van der Waals surface area contributed by atoms with Gasteiger partial charge in [0.25, 0.3) is 5.91 Å². The van der Waals surface area contributed by atoms with Crippen molar-refractivity contribution in [3.8, 4) is 5.75 Å². The lowest BCUT2D eigenvalue weighted by Gasteiger charge is -2.02. The summed E-state index contributed by atoms with van der Waals surface area (Å²) in [5, 5.41) is 0. The summed E-state index contributed by atoms with van der Waals surface area (Å²) >= 11 is 0. The van der Waals surface area contributed by atoms with Crippen LogP contribution >= 0.6 is 0 Å². The van der Waals surface area contributed by atoms with Gasteiger partial charge in [0.15, 0.2) is 0 Å². The van der Waals surface area contributed by atoms with E-state index < -0.39 is 0 Å². The lowest BCUT2D eigenvalue weighted by molar-refractivity contribution is 0.0972. The van der Waals surface area contributed by atoms with Crippen molar-refractivity contribution >= 4 is 23.0 Å². The number of aryl methyl sites for hydroxylation is 1. The van der Waals surface area contributed by atoms with Crippen molar-refractivity contribution in [1.82, 2.24) is 9.55 Å². The van der Waals surface area contributed by atoms with E-state index in [-0.39, 0.29) is 5.91 Å². The largest absolute Gasteiger partial charge is 0.497 e. The molecule has 0 bridgehead atoms. The maximum atomic E-state index is 12.5. The fourth-order valence-electron chi connectivity index (χ4n) is 2.41. The zero-order valence-electron chi connectivity index (χ0n) is 12.5. The molecule has 0 saturated carbocycles. The average Bonchev–Trinajstić information content (AvgIpc) is 2.88. The lowest BCUT2D eigenvalue weighted by atomic mass is 10.2. The number of allylic oxidation sites excluding steroid dienone is 1. The Kier molecular flexibility index (Phi) is 3.74. The number of aromatic nitrogens is 2. The first-order valence-electron chi connectivity index (χ1n) is 6.99. The van der Waals surface area contributed by atoms with E-state index in [9.17, 15) is 4.79 Å². The van der Waals surface area contributed by atoms with Crippen LogP contribution in [0.2, 0.25) is 0 Å². The third kappa shape index (κ3) is 2.63. The SMILES string of the molecule is COc1cccc(/C=C/C(=O)n2c(C)nc3ccccc32)c1. The fourth-order valence-corrected chi connectivity index (χ4v) is 2.41. The van der Waals surface area contributed by atoms with E-state index >= 15 is 0 Å². The predicted octanol–water partition coefficient (Wildman–Crippen LogP) is 3.71. The topological polar surface area (TPSA) is 44.1 Å². The van der Waals surface area contributed by atoms with Crippen LogP contribution in [0.3, 0.4) is 0 Å². The number of imidazole rings is 1. The number of nitrogens with zero attached hydrogens (tertiary/aromatic N) is 2. The summed E-state index contributed by atoms with van der Waals surface area (Å²) in [4.78, 5) is 16.9. The van der Waals surface area contributed by atoms with Gasteiger partial charge in [0.2, 0.25) is 0 Å². The quantitative estimate of drug-likeness (QED) is 0.691. The molecule has 0 radical (unpaired) electrons. The Hall–Kier alpha value is -2.88. The van der Waals surface area contributed by atoms with Gasteiger partial charge in [-0.3, -0.25) is 9.36 Å². The maximum absolute atomic E-state index is 12.5. The molecule has 3 aromatic rings. The van der Waals surface area contributed by atoms with Crippen LogP contribution in [0.4, 0.5) is 0 Å². The van der Waals surface area contributed by atoms with Gasteiger partial charge in [0.05, 0.1) is 18.1 Å². The molecule has 1 aromatic heterocycles. The van der Waals surface area contributed by atoms with Gasteiger partial charge in [-0.15, -0.1) is 0 Å². The van der Waals surface area contributed by atoms with Crippen molar-refractivity contribution in [2.45, 2.75) is 6.92 Å². The number of carbonyl (C=O) groups excluding carboxylic acids is 1. The second kappa shape index (κ2) is 5.85. The summed E-state index contributed by atoms with van der Waals surface area (Å²) in [6, 6.07) is 15.2. The molecular weight excluding hydrogens is 276 g/mol. The highest BCUT2D eigenvalue weighted by atomic mass is 16.5. The van der Waals surface area contributed by atoms with Crippen LogP contribution in [0.5, 0.6) is 5.75 Å². The molecular formula is C18H16N2O2. The maximum Gasteiger partial charge on any atom is 0.256 e. The normalized spacial score (nSPS) is 11.2. The zero-order valence-corrected chi connectivity index (χ0v) is 12.5. The van der Waals surface area contributed by atoms with E-state index in [0.29, 0.717) is 5.82 Å². The van der Waals surface area contributed by atoms with Gasteiger partial charge in [-0.25, -0.2) is 4.98 Å². The molecule has 0 saturated heterocycles. The first-order chi connectivity index (χ1) is 10.7. The molecule has 0 amide bonds. The Labute approximate surface area is 128 Å². The number of carbonyl (C=O) groups is 1. The van der Waals surface area contributed by atoms with Gasteiger partial charge >= 0.3 is 0 Å². The molecule has 0 fully saturated rings. The monoisotopic (exact) mass is 292 g/mol.